The first kappa shape index (κ1) is 19.2. The number of hydrogen-bond acceptors (Lipinski definition) is 6. The second-order valence-electron chi connectivity index (χ2n) is 5.94. The summed E-state index contributed by atoms with van der Waals surface area (Å²) in [7, 11) is 0. The van der Waals surface area contributed by atoms with Crippen LogP contribution < -0.4 is 9.80 Å². The van der Waals surface area contributed by atoms with E-state index in [9.17, 15) is 4.79 Å². The lowest BCUT2D eigenvalue weighted by Gasteiger charge is -2.35. The van der Waals surface area contributed by atoms with E-state index in [1.165, 1.54) is 11.3 Å². The number of carbonyl (C=O) groups is 1. The molecule has 0 spiro atoms. The second kappa shape index (κ2) is 8.41. The normalized spacial score (nSPS) is 14.6. The van der Waals surface area contributed by atoms with E-state index in [0.29, 0.717) is 40.4 Å². The highest BCUT2D eigenvalue weighted by Gasteiger charge is 2.25. The summed E-state index contributed by atoms with van der Waals surface area (Å²) in [5.41, 5.74) is 0.485. The average Bonchev–Trinajstić information content (AvgIpc) is 3.01. The number of anilines is 2. The maximum Gasteiger partial charge on any atom is 0.256 e. The van der Waals surface area contributed by atoms with Gasteiger partial charge in [-0.3, -0.25) is 4.79 Å². The van der Waals surface area contributed by atoms with Gasteiger partial charge in [-0.1, -0.05) is 23.2 Å². The number of hydrogen-bond donors (Lipinski definition) is 0. The molecule has 1 aliphatic heterocycles. The first-order valence-electron chi connectivity index (χ1n) is 8.61. The fraction of sp³-hybridized carbons (Fsp3) is 0.471. The molecular weight excluding hydrogens is 393 g/mol. The number of halogens is 2. The summed E-state index contributed by atoms with van der Waals surface area (Å²) < 4.78 is 0.973. The van der Waals surface area contributed by atoms with Crippen molar-refractivity contribution in [3.8, 4) is 0 Å². The van der Waals surface area contributed by atoms with Gasteiger partial charge in [-0.15, -0.1) is 21.5 Å². The quantitative estimate of drug-likeness (QED) is 0.748. The SMILES string of the molecule is CCN(CC)c1ccc(N2CCN(C(=O)c3cc(Cl)sc3Cl)CC2)nn1. The van der Waals surface area contributed by atoms with Crippen LogP contribution in [-0.4, -0.2) is 60.3 Å². The van der Waals surface area contributed by atoms with Crippen LogP contribution in [0.4, 0.5) is 11.6 Å². The molecule has 0 N–H and O–H groups in total. The van der Waals surface area contributed by atoms with Gasteiger partial charge < -0.3 is 14.7 Å². The van der Waals surface area contributed by atoms with E-state index in [2.05, 4.69) is 33.8 Å². The third kappa shape index (κ3) is 4.05. The molecule has 0 radical (unpaired) electrons. The molecule has 2 aromatic rings. The molecule has 0 unspecified atom stereocenters. The van der Waals surface area contributed by atoms with Crippen LogP contribution in [0.1, 0.15) is 24.2 Å². The lowest BCUT2D eigenvalue weighted by atomic mass is 10.2. The lowest BCUT2D eigenvalue weighted by molar-refractivity contribution is 0.0747. The molecule has 6 nitrogen and oxygen atoms in total. The molecule has 1 amide bonds. The minimum absolute atomic E-state index is 0.0687. The van der Waals surface area contributed by atoms with Crippen molar-refractivity contribution in [2.45, 2.75) is 13.8 Å². The van der Waals surface area contributed by atoms with Crippen molar-refractivity contribution in [1.29, 1.82) is 0 Å². The highest BCUT2D eigenvalue weighted by Crippen LogP contribution is 2.32. The maximum absolute atomic E-state index is 12.6. The first-order valence-corrected chi connectivity index (χ1v) is 10.2. The average molecular weight is 414 g/mol. The molecule has 2 aromatic heterocycles. The summed E-state index contributed by atoms with van der Waals surface area (Å²) in [4.78, 5) is 18.7. The Kier molecular flexibility index (Phi) is 6.21. The molecule has 1 aliphatic rings. The number of nitrogens with zero attached hydrogens (tertiary/aromatic N) is 5. The van der Waals surface area contributed by atoms with Crippen molar-refractivity contribution < 1.29 is 4.79 Å². The summed E-state index contributed by atoms with van der Waals surface area (Å²) in [5.74, 6) is 1.65. The van der Waals surface area contributed by atoms with Gasteiger partial charge in [-0.2, -0.15) is 0 Å². The zero-order chi connectivity index (χ0) is 18.7. The fourth-order valence-corrected chi connectivity index (χ4v) is 4.45. The van der Waals surface area contributed by atoms with E-state index in [-0.39, 0.29) is 5.91 Å². The van der Waals surface area contributed by atoms with Crippen LogP contribution in [-0.2, 0) is 0 Å². The molecule has 3 heterocycles. The zero-order valence-corrected chi connectivity index (χ0v) is 17.1. The second-order valence-corrected chi connectivity index (χ2v) is 8.22. The molecule has 26 heavy (non-hydrogen) atoms. The monoisotopic (exact) mass is 413 g/mol. The van der Waals surface area contributed by atoms with Crippen LogP contribution in [0, 0.1) is 0 Å². The predicted molar refractivity (Wildman–Crippen MR) is 108 cm³/mol. The number of rotatable bonds is 5. The van der Waals surface area contributed by atoms with Crippen LogP contribution in [0.25, 0.3) is 0 Å². The van der Waals surface area contributed by atoms with Crippen LogP contribution in [0.2, 0.25) is 8.67 Å². The van der Waals surface area contributed by atoms with Gasteiger partial charge in [-0.05, 0) is 32.0 Å². The molecule has 1 fully saturated rings. The standard InChI is InChI=1S/C17H21Cl2N5OS/c1-3-22(4-2)14-5-6-15(21-20-14)23-7-9-24(10-8-23)17(25)12-11-13(18)26-16(12)19/h5-6,11H,3-4,7-10H2,1-2H3. The van der Waals surface area contributed by atoms with Crippen molar-refractivity contribution in [1.82, 2.24) is 15.1 Å². The van der Waals surface area contributed by atoms with Crippen molar-refractivity contribution in [2.24, 2.45) is 0 Å². The van der Waals surface area contributed by atoms with Crippen LogP contribution in [0.3, 0.4) is 0 Å². The van der Waals surface area contributed by atoms with E-state index in [4.69, 9.17) is 23.2 Å². The Balaban J connectivity index is 1.61. The first-order chi connectivity index (χ1) is 12.5. The largest absolute Gasteiger partial charge is 0.356 e. The molecule has 0 atom stereocenters. The number of thiophene rings is 1. The number of amides is 1. The molecular formula is C17H21Cl2N5OS. The van der Waals surface area contributed by atoms with E-state index >= 15 is 0 Å². The summed E-state index contributed by atoms with van der Waals surface area (Å²) in [6.45, 7) is 8.65. The van der Waals surface area contributed by atoms with Gasteiger partial charge in [0.15, 0.2) is 11.6 Å². The van der Waals surface area contributed by atoms with Crippen molar-refractivity contribution in [2.75, 3.05) is 49.1 Å². The molecule has 0 aromatic carbocycles. The van der Waals surface area contributed by atoms with E-state index in [1.54, 1.807) is 11.0 Å². The van der Waals surface area contributed by atoms with Crippen LogP contribution in [0.15, 0.2) is 18.2 Å². The number of piperazine rings is 1. The van der Waals surface area contributed by atoms with E-state index in [1.807, 2.05) is 12.1 Å². The van der Waals surface area contributed by atoms with Gasteiger partial charge in [0.1, 0.15) is 4.34 Å². The van der Waals surface area contributed by atoms with Gasteiger partial charge in [-0.25, -0.2) is 0 Å². The molecule has 0 bridgehead atoms. The lowest BCUT2D eigenvalue weighted by Crippen LogP contribution is -2.49. The van der Waals surface area contributed by atoms with Gasteiger partial charge in [0, 0.05) is 39.3 Å². The smallest absolute Gasteiger partial charge is 0.256 e. The minimum atomic E-state index is -0.0687. The highest BCUT2D eigenvalue weighted by molar-refractivity contribution is 7.20. The van der Waals surface area contributed by atoms with Gasteiger partial charge in [0.05, 0.1) is 9.90 Å². The molecule has 3 rings (SSSR count). The Morgan fingerprint density at radius 1 is 1.15 bits per heavy atom. The Morgan fingerprint density at radius 3 is 2.35 bits per heavy atom. The van der Waals surface area contributed by atoms with Gasteiger partial charge in [0.2, 0.25) is 0 Å². The van der Waals surface area contributed by atoms with Crippen LogP contribution >= 0.6 is 34.5 Å². The zero-order valence-electron chi connectivity index (χ0n) is 14.8. The summed E-state index contributed by atoms with van der Waals surface area (Å²) >= 11 is 13.3. The van der Waals surface area contributed by atoms with Crippen molar-refractivity contribution in [3.63, 3.8) is 0 Å². The van der Waals surface area contributed by atoms with E-state index in [0.717, 1.165) is 24.7 Å². The molecule has 0 aliphatic carbocycles. The summed E-state index contributed by atoms with van der Waals surface area (Å²) in [5, 5.41) is 8.69. The van der Waals surface area contributed by atoms with Crippen molar-refractivity contribution in [3.05, 3.63) is 32.4 Å². The van der Waals surface area contributed by atoms with Crippen molar-refractivity contribution >= 4 is 52.1 Å². The molecule has 0 saturated carbocycles. The fourth-order valence-electron chi connectivity index (χ4n) is 3.00. The summed E-state index contributed by atoms with van der Waals surface area (Å²) in [6.07, 6.45) is 0. The topological polar surface area (TPSA) is 52.6 Å². The minimum Gasteiger partial charge on any atom is -0.356 e. The van der Waals surface area contributed by atoms with Gasteiger partial charge >= 0.3 is 0 Å². The maximum atomic E-state index is 12.6. The van der Waals surface area contributed by atoms with E-state index < -0.39 is 0 Å². The Hall–Kier alpha value is -1.57. The van der Waals surface area contributed by atoms with Crippen LogP contribution in [0.5, 0.6) is 0 Å². The predicted octanol–water partition coefficient (Wildman–Crippen LogP) is 3.65. The summed E-state index contributed by atoms with van der Waals surface area (Å²) in [6, 6.07) is 5.63. The third-order valence-corrected chi connectivity index (χ3v) is 5.99. The Labute approximate surface area is 167 Å². The molecule has 140 valence electrons. The Morgan fingerprint density at radius 2 is 1.85 bits per heavy atom. The molecule has 1 saturated heterocycles. The highest BCUT2D eigenvalue weighted by atomic mass is 35.5. The molecule has 9 heteroatoms. The third-order valence-electron chi connectivity index (χ3n) is 4.50. The number of carbonyl (C=O) groups excluding carboxylic acids is 1. The van der Waals surface area contributed by atoms with Gasteiger partial charge in [0.25, 0.3) is 5.91 Å². The Bertz CT molecular complexity index is 755. The number of aromatic nitrogens is 2.